The maximum absolute atomic E-state index is 5.32. The van der Waals surface area contributed by atoms with Crippen LogP contribution in [0.4, 0.5) is 17.1 Å². The summed E-state index contributed by atoms with van der Waals surface area (Å²) in [4.78, 5) is 7.69. The SMILES string of the molecule is C1=Cc2ccc(N(c3ccccc3)c3ccccc3)cc2C2(c3cc(-c4nc5ccccc5n4-c4ccccc4)ccc31)c1ccccc1-c1ccccc12. The van der Waals surface area contributed by atoms with Gasteiger partial charge in [-0.3, -0.25) is 4.57 Å². The van der Waals surface area contributed by atoms with Gasteiger partial charge in [-0.1, -0.05) is 146 Å². The van der Waals surface area contributed by atoms with Crippen molar-refractivity contribution in [1.29, 1.82) is 0 Å². The predicted octanol–water partition coefficient (Wildman–Crippen LogP) is 13.0. The molecule has 1 aromatic heterocycles. The Balaban J connectivity index is 1.23. The molecular formula is C52H35N3. The van der Waals surface area contributed by atoms with E-state index in [-0.39, 0.29) is 0 Å². The minimum atomic E-state index is -0.615. The van der Waals surface area contributed by atoms with Crippen molar-refractivity contribution in [3.63, 3.8) is 0 Å². The monoisotopic (exact) mass is 701 g/mol. The second-order valence-electron chi connectivity index (χ2n) is 14.3. The normalized spacial score (nSPS) is 13.2. The molecule has 2 aliphatic rings. The second kappa shape index (κ2) is 12.4. The van der Waals surface area contributed by atoms with Crippen molar-refractivity contribution in [2.24, 2.45) is 0 Å². The third-order valence-electron chi connectivity index (χ3n) is 11.4. The molecule has 55 heavy (non-hydrogen) atoms. The quantitative estimate of drug-likeness (QED) is 0.178. The standard InChI is InChI=1S/C52H35N3/c1-4-16-39(17-5-1)54(40-18-6-2-7-19-40)42-33-32-37-29-28-36-30-31-38(51-53-49-26-14-15-27-50(49)55(51)41-20-8-3-9-21-41)34-47(36)52(48(37)35-42)45-24-12-10-22-43(45)44-23-11-13-25-46(44)52/h1-35H. The third-order valence-corrected chi connectivity index (χ3v) is 11.4. The Labute approximate surface area is 320 Å². The van der Waals surface area contributed by atoms with Crippen LogP contribution in [0.2, 0.25) is 0 Å². The number of imidazole rings is 1. The molecule has 3 heteroatoms. The van der Waals surface area contributed by atoms with E-state index in [0.717, 1.165) is 45.2 Å². The minimum Gasteiger partial charge on any atom is -0.310 e. The highest BCUT2D eigenvalue weighted by Crippen LogP contribution is 2.59. The molecule has 258 valence electrons. The van der Waals surface area contributed by atoms with Crippen molar-refractivity contribution in [1.82, 2.24) is 9.55 Å². The zero-order valence-corrected chi connectivity index (χ0v) is 30.0. The van der Waals surface area contributed by atoms with E-state index in [1.54, 1.807) is 0 Å². The average Bonchev–Trinajstić information content (AvgIpc) is 3.74. The minimum absolute atomic E-state index is 0.615. The summed E-state index contributed by atoms with van der Waals surface area (Å²) in [5.74, 6) is 0.923. The first-order chi connectivity index (χ1) is 27.3. The summed E-state index contributed by atoms with van der Waals surface area (Å²) in [7, 11) is 0. The lowest BCUT2D eigenvalue weighted by molar-refractivity contribution is 0.766. The van der Waals surface area contributed by atoms with Gasteiger partial charge in [0.25, 0.3) is 0 Å². The first-order valence-corrected chi connectivity index (χ1v) is 18.9. The summed E-state index contributed by atoms with van der Waals surface area (Å²) in [6, 6.07) is 72.4. The molecule has 0 fully saturated rings. The number of fused-ring (bicyclic) bond motifs is 10. The van der Waals surface area contributed by atoms with Gasteiger partial charge >= 0.3 is 0 Å². The summed E-state index contributed by atoms with van der Waals surface area (Å²) in [6.07, 6.45) is 4.62. The number of rotatable bonds is 5. The van der Waals surface area contributed by atoms with E-state index in [2.05, 4.69) is 222 Å². The van der Waals surface area contributed by atoms with E-state index in [1.165, 1.54) is 44.5 Å². The molecule has 2 aliphatic carbocycles. The first-order valence-electron chi connectivity index (χ1n) is 18.9. The molecule has 0 N–H and O–H groups in total. The summed E-state index contributed by atoms with van der Waals surface area (Å²) in [5, 5.41) is 0. The van der Waals surface area contributed by atoms with E-state index < -0.39 is 5.41 Å². The van der Waals surface area contributed by atoms with E-state index in [9.17, 15) is 0 Å². The molecule has 8 aromatic carbocycles. The maximum atomic E-state index is 5.32. The summed E-state index contributed by atoms with van der Waals surface area (Å²) in [6.45, 7) is 0. The van der Waals surface area contributed by atoms with Crippen LogP contribution >= 0.6 is 0 Å². The number of hydrogen-bond donors (Lipinski definition) is 0. The van der Waals surface area contributed by atoms with Gasteiger partial charge in [0, 0.05) is 28.3 Å². The molecule has 0 amide bonds. The van der Waals surface area contributed by atoms with Crippen LogP contribution in [0.15, 0.2) is 200 Å². The van der Waals surface area contributed by atoms with E-state index in [4.69, 9.17) is 4.98 Å². The van der Waals surface area contributed by atoms with Crippen LogP contribution < -0.4 is 4.90 Å². The van der Waals surface area contributed by atoms with Gasteiger partial charge in [0.15, 0.2) is 0 Å². The first kappa shape index (κ1) is 31.3. The Morgan fingerprint density at radius 2 is 0.945 bits per heavy atom. The topological polar surface area (TPSA) is 21.1 Å². The largest absolute Gasteiger partial charge is 0.310 e. The number of para-hydroxylation sites is 5. The number of aromatic nitrogens is 2. The van der Waals surface area contributed by atoms with Crippen LogP contribution in [0.3, 0.4) is 0 Å². The highest BCUT2D eigenvalue weighted by Gasteiger charge is 2.48. The van der Waals surface area contributed by atoms with Gasteiger partial charge in [0.1, 0.15) is 5.82 Å². The van der Waals surface area contributed by atoms with E-state index in [0.29, 0.717) is 0 Å². The van der Waals surface area contributed by atoms with Crippen LogP contribution in [-0.4, -0.2) is 9.55 Å². The van der Waals surface area contributed by atoms with Gasteiger partial charge in [0.2, 0.25) is 0 Å². The number of anilines is 3. The van der Waals surface area contributed by atoms with Crippen molar-refractivity contribution < 1.29 is 0 Å². The fourth-order valence-corrected chi connectivity index (χ4v) is 9.12. The Morgan fingerprint density at radius 3 is 1.60 bits per heavy atom. The fraction of sp³-hybridized carbons (Fsp3) is 0.0192. The lowest BCUT2D eigenvalue weighted by Gasteiger charge is -2.36. The van der Waals surface area contributed by atoms with Gasteiger partial charge in [0.05, 0.1) is 16.4 Å². The Hall–Kier alpha value is -7.23. The van der Waals surface area contributed by atoms with Gasteiger partial charge in [-0.25, -0.2) is 4.98 Å². The molecule has 11 rings (SSSR count). The van der Waals surface area contributed by atoms with Gasteiger partial charge in [-0.15, -0.1) is 0 Å². The van der Waals surface area contributed by atoms with Crippen molar-refractivity contribution in [2.45, 2.75) is 5.41 Å². The molecule has 0 atom stereocenters. The van der Waals surface area contributed by atoms with Crippen LogP contribution in [0.5, 0.6) is 0 Å². The van der Waals surface area contributed by atoms with Crippen LogP contribution in [0.1, 0.15) is 33.4 Å². The van der Waals surface area contributed by atoms with Gasteiger partial charge < -0.3 is 4.90 Å². The molecule has 0 saturated carbocycles. The summed E-state index contributed by atoms with van der Waals surface area (Å²) < 4.78 is 2.30. The molecule has 0 aliphatic heterocycles. The lowest BCUT2D eigenvalue weighted by Crippen LogP contribution is -2.30. The Kier molecular flexibility index (Phi) is 7.08. The zero-order valence-electron chi connectivity index (χ0n) is 30.0. The van der Waals surface area contributed by atoms with Crippen molar-refractivity contribution in [2.75, 3.05) is 4.90 Å². The molecule has 3 nitrogen and oxygen atoms in total. The van der Waals surface area contributed by atoms with Gasteiger partial charge in [-0.05, 0) is 111 Å². The number of nitrogens with zero attached hydrogens (tertiary/aromatic N) is 3. The summed E-state index contributed by atoms with van der Waals surface area (Å²) >= 11 is 0. The maximum Gasteiger partial charge on any atom is 0.145 e. The van der Waals surface area contributed by atoms with Crippen molar-refractivity contribution in [3.8, 4) is 28.2 Å². The predicted molar refractivity (Wildman–Crippen MR) is 227 cm³/mol. The third kappa shape index (κ3) is 4.73. The highest BCUT2D eigenvalue weighted by molar-refractivity contribution is 5.93. The zero-order chi connectivity index (χ0) is 36.3. The molecular weight excluding hydrogens is 667 g/mol. The van der Waals surface area contributed by atoms with Crippen LogP contribution in [0, 0.1) is 0 Å². The lowest BCUT2D eigenvalue weighted by atomic mass is 9.65. The van der Waals surface area contributed by atoms with Crippen molar-refractivity contribution in [3.05, 3.63) is 234 Å². The molecule has 0 bridgehead atoms. The molecule has 9 aromatic rings. The summed E-state index contributed by atoms with van der Waals surface area (Å²) in [5.41, 5.74) is 16.9. The average molecular weight is 702 g/mol. The van der Waals surface area contributed by atoms with Crippen molar-refractivity contribution >= 4 is 40.2 Å². The number of hydrogen-bond acceptors (Lipinski definition) is 2. The Morgan fingerprint density at radius 1 is 0.418 bits per heavy atom. The number of benzene rings is 8. The highest BCUT2D eigenvalue weighted by atomic mass is 15.1. The van der Waals surface area contributed by atoms with Gasteiger partial charge in [-0.2, -0.15) is 0 Å². The molecule has 1 spiro atoms. The second-order valence-corrected chi connectivity index (χ2v) is 14.3. The van der Waals surface area contributed by atoms with Crippen LogP contribution in [0.25, 0.3) is 51.4 Å². The van der Waals surface area contributed by atoms with Crippen LogP contribution in [-0.2, 0) is 5.41 Å². The Bertz CT molecular complexity index is 2840. The van der Waals surface area contributed by atoms with E-state index >= 15 is 0 Å². The molecule has 0 unspecified atom stereocenters. The van der Waals surface area contributed by atoms with E-state index in [1.807, 2.05) is 0 Å². The molecule has 1 heterocycles. The molecule has 0 radical (unpaired) electrons. The molecule has 0 saturated heterocycles. The fourth-order valence-electron chi connectivity index (χ4n) is 9.12. The smallest absolute Gasteiger partial charge is 0.145 e.